The van der Waals surface area contributed by atoms with Gasteiger partial charge in [-0.25, -0.2) is 0 Å². The largest absolute Gasteiger partial charge is 0.310 e. The average molecular weight is 317 g/mol. The number of anilines is 1. The van der Waals surface area contributed by atoms with Crippen LogP contribution < -0.4 is 10.9 Å². The number of carbonyl (C=O) groups is 1. The average Bonchev–Trinajstić information content (AvgIpc) is 2.68. The quantitative estimate of drug-likeness (QED) is 0.895. The second kappa shape index (κ2) is 5.68. The van der Waals surface area contributed by atoms with E-state index >= 15 is 0 Å². The van der Waals surface area contributed by atoms with E-state index in [0.717, 1.165) is 5.56 Å². The smallest absolute Gasteiger partial charge is 0.270 e. The molecule has 3 rings (SSSR count). The van der Waals surface area contributed by atoms with Crippen molar-refractivity contribution in [2.75, 3.05) is 11.1 Å². The van der Waals surface area contributed by atoms with Crippen LogP contribution >= 0.6 is 11.8 Å². The molecule has 1 aromatic carbocycles. The summed E-state index contributed by atoms with van der Waals surface area (Å²) in [5, 5.41) is 5.58. The summed E-state index contributed by atoms with van der Waals surface area (Å²) in [6.45, 7) is 5.98. The number of benzene rings is 1. The lowest BCUT2D eigenvalue weighted by Gasteiger charge is -2.15. The highest BCUT2D eigenvalue weighted by Crippen LogP contribution is 2.40. The third-order valence-corrected chi connectivity index (χ3v) is 5.03. The maximum Gasteiger partial charge on any atom is 0.270 e. The number of amides is 1. The Morgan fingerprint density at radius 2 is 1.91 bits per heavy atom. The molecule has 1 atom stereocenters. The van der Waals surface area contributed by atoms with Gasteiger partial charge in [0.05, 0.1) is 16.6 Å². The number of aryl methyl sites for hydroxylation is 1. The fourth-order valence-corrected chi connectivity index (χ4v) is 3.76. The molecular weight excluding hydrogens is 298 g/mol. The van der Waals surface area contributed by atoms with Crippen LogP contribution in [0.15, 0.2) is 29.1 Å². The Labute approximate surface area is 133 Å². The van der Waals surface area contributed by atoms with Crippen LogP contribution in [0.2, 0.25) is 0 Å². The van der Waals surface area contributed by atoms with Gasteiger partial charge in [-0.05, 0) is 26.3 Å². The number of aromatic amines is 1. The first-order chi connectivity index (χ1) is 10.5. The first kappa shape index (κ1) is 15.0. The lowest BCUT2D eigenvalue weighted by molar-refractivity contribution is -0.113. The van der Waals surface area contributed by atoms with Crippen LogP contribution in [0.3, 0.4) is 0 Å². The van der Waals surface area contributed by atoms with E-state index in [1.54, 1.807) is 4.68 Å². The van der Waals surface area contributed by atoms with Crippen molar-refractivity contribution in [2.45, 2.75) is 32.1 Å². The van der Waals surface area contributed by atoms with Gasteiger partial charge < -0.3 is 5.32 Å². The zero-order valence-electron chi connectivity index (χ0n) is 12.8. The molecule has 2 aromatic rings. The minimum atomic E-state index is -0.140. The van der Waals surface area contributed by atoms with Gasteiger partial charge in [-0.3, -0.25) is 19.4 Å². The maximum atomic E-state index is 12.5. The summed E-state index contributed by atoms with van der Waals surface area (Å²) in [7, 11) is 0. The van der Waals surface area contributed by atoms with Gasteiger partial charge in [-0.15, -0.1) is 11.8 Å². The monoisotopic (exact) mass is 317 g/mol. The summed E-state index contributed by atoms with van der Waals surface area (Å²) in [6.07, 6.45) is 0. The zero-order chi connectivity index (χ0) is 15.9. The molecule has 0 bridgehead atoms. The molecule has 0 spiro atoms. The summed E-state index contributed by atoms with van der Waals surface area (Å²) >= 11 is 1.49. The lowest BCUT2D eigenvalue weighted by Crippen LogP contribution is -2.17. The Bertz CT molecular complexity index is 759. The third-order valence-electron chi connectivity index (χ3n) is 3.76. The predicted octanol–water partition coefficient (Wildman–Crippen LogP) is 2.84. The molecular formula is C16H19N3O2S. The van der Waals surface area contributed by atoms with E-state index < -0.39 is 0 Å². The minimum absolute atomic E-state index is 0.0681. The number of aromatic nitrogens is 2. The van der Waals surface area contributed by atoms with Crippen molar-refractivity contribution in [3.8, 4) is 0 Å². The molecule has 22 heavy (non-hydrogen) atoms. The van der Waals surface area contributed by atoms with Crippen molar-refractivity contribution >= 4 is 23.5 Å². The van der Waals surface area contributed by atoms with Crippen molar-refractivity contribution < 1.29 is 4.79 Å². The molecule has 6 heteroatoms. The topological polar surface area (TPSA) is 66.9 Å². The van der Waals surface area contributed by atoms with Gasteiger partial charge in [0.1, 0.15) is 5.82 Å². The minimum Gasteiger partial charge on any atom is -0.310 e. The van der Waals surface area contributed by atoms with Gasteiger partial charge in [-0.2, -0.15) is 0 Å². The first-order valence-electron chi connectivity index (χ1n) is 7.30. The van der Waals surface area contributed by atoms with Crippen LogP contribution in [0.5, 0.6) is 0 Å². The number of hydrogen-bond acceptors (Lipinski definition) is 3. The molecule has 1 aliphatic rings. The second-order valence-corrected chi connectivity index (χ2v) is 6.91. The molecule has 1 amide bonds. The summed E-state index contributed by atoms with van der Waals surface area (Å²) in [4.78, 5) is 24.5. The normalized spacial score (nSPS) is 18.0. The number of fused-ring (bicyclic) bond motifs is 1. The van der Waals surface area contributed by atoms with E-state index in [2.05, 4.69) is 10.4 Å². The van der Waals surface area contributed by atoms with Gasteiger partial charge in [0.2, 0.25) is 5.91 Å². The van der Waals surface area contributed by atoms with Crippen LogP contribution in [0, 0.1) is 6.92 Å². The molecule has 0 aliphatic carbocycles. The van der Waals surface area contributed by atoms with Crippen LogP contribution in [0.1, 0.15) is 41.8 Å². The highest BCUT2D eigenvalue weighted by Gasteiger charge is 2.30. The second-order valence-electron chi connectivity index (χ2n) is 5.82. The van der Waals surface area contributed by atoms with E-state index in [1.165, 1.54) is 17.3 Å². The number of carbonyl (C=O) groups excluding carboxylic acids is 1. The van der Waals surface area contributed by atoms with E-state index in [4.69, 9.17) is 0 Å². The van der Waals surface area contributed by atoms with Crippen molar-refractivity contribution in [2.24, 2.45) is 0 Å². The van der Waals surface area contributed by atoms with Gasteiger partial charge in [0.15, 0.2) is 0 Å². The number of hydrogen-bond donors (Lipinski definition) is 2. The predicted molar refractivity (Wildman–Crippen MR) is 89.5 cm³/mol. The van der Waals surface area contributed by atoms with Crippen LogP contribution in [0.25, 0.3) is 0 Å². The number of nitrogens with zero attached hydrogens (tertiary/aromatic N) is 1. The van der Waals surface area contributed by atoms with Crippen LogP contribution in [-0.2, 0) is 4.79 Å². The van der Waals surface area contributed by atoms with Crippen molar-refractivity contribution in [3.63, 3.8) is 0 Å². The fraction of sp³-hybridized carbons (Fsp3) is 0.375. The lowest BCUT2D eigenvalue weighted by atomic mass is 10.0. The van der Waals surface area contributed by atoms with Gasteiger partial charge in [0, 0.05) is 6.04 Å². The Morgan fingerprint density at radius 3 is 2.55 bits per heavy atom. The molecule has 0 radical (unpaired) electrons. The molecule has 1 aromatic heterocycles. The Kier molecular flexibility index (Phi) is 3.87. The maximum absolute atomic E-state index is 12.5. The summed E-state index contributed by atoms with van der Waals surface area (Å²) < 4.78 is 1.74. The number of H-pyrrole nitrogens is 1. The standard InChI is InChI=1S/C16H19N3O2S/c1-9(2)19-15-13(16(21)18-19)14(22-8-12(20)17-15)11-6-4-10(3)5-7-11/h4-7,9,14H,8H2,1-3H3,(H,17,20)(H,18,21)/t14-/m0/s1. The number of rotatable bonds is 2. The molecule has 0 fully saturated rings. The molecule has 2 N–H and O–H groups in total. The third kappa shape index (κ3) is 2.59. The molecule has 2 heterocycles. The molecule has 0 saturated heterocycles. The molecule has 0 saturated carbocycles. The fourth-order valence-electron chi connectivity index (χ4n) is 2.64. The summed E-state index contributed by atoms with van der Waals surface area (Å²) in [6, 6.07) is 8.18. The van der Waals surface area contributed by atoms with Gasteiger partial charge in [0.25, 0.3) is 5.56 Å². The Balaban J connectivity index is 2.17. The van der Waals surface area contributed by atoms with Gasteiger partial charge in [-0.1, -0.05) is 29.8 Å². The van der Waals surface area contributed by atoms with Crippen molar-refractivity contribution in [1.82, 2.24) is 9.78 Å². The van der Waals surface area contributed by atoms with E-state index in [0.29, 0.717) is 17.1 Å². The van der Waals surface area contributed by atoms with Crippen LogP contribution in [-0.4, -0.2) is 21.4 Å². The molecule has 5 nitrogen and oxygen atoms in total. The van der Waals surface area contributed by atoms with Crippen LogP contribution in [0.4, 0.5) is 5.82 Å². The number of nitrogens with one attached hydrogen (secondary N) is 2. The Hall–Kier alpha value is -1.95. The molecule has 0 unspecified atom stereocenters. The summed E-state index contributed by atoms with van der Waals surface area (Å²) in [5.74, 6) is 0.861. The SMILES string of the molecule is Cc1ccc([C@@H]2SCC(=O)Nc3c2c(=O)[nH]n3C(C)C)cc1. The molecule has 1 aliphatic heterocycles. The highest BCUT2D eigenvalue weighted by atomic mass is 32.2. The van der Waals surface area contributed by atoms with Crippen molar-refractivity contribution in [3.05, 3.63) is 51.3 Å². The van der Waals surface area contributed by atoms with Crippen molar-refractivity contribution in [1.29, 1.82) is 0 Å². The van der Waals surface area contributed by atoms with E-state index in [9.17, 15) is 9.59 Å². The highest BCUT2D eigenvalue weighted by molar-refractivity contribution is 8.00. The van der Waals surface area contributed by atoms with E-state index in [-0.39, 0.29) is 22.8 Å². The first-order valence-corrected chi connectivity index (χ1v) is 8.34. The Morgan fingerprint density at radius 1 is 1.23 bits per heavy atom. The van der Waals surface area contributed by atoms with Gasteiger partial charge >= 0.3 is 0 Å². The summed E-state index contributed by atoms with van der Waals surface area (Å²) in [5.41, 5.74) is 2.71. The number of thioether (sulfide) groups is 1. The van der Waals surface area contributed by atoms with E-state index in [1.807, 2.05) is 45.0 Å². The zero-order valence-corrected chi connectivity index (χ0v) is 13.7. The molecule has 116 valence electrons.